The van der Waals surface area contributed by atoms with Gasteiger partial charge in [0.15, 0.2) is 0 Å². The van der Waals surface area contributed by atoms with Crippen LogP contribution in [0.4, 0.5) is 4.79 Å². The number of nitrogens with one attached hydrogen (secondary N) is 1. The number of piperidine rings is 1. The highest BCUT2D eigenvalue weighted by molar-refractivity contribution is 5.89. The Hall–Kier alpha value is -1.79. The number of esters is 1. The molecule has 2 heterocycles. The maximum Gasteiger partial charge on any atom is 0.411 e. The van der Waals surface area contributed by atoms with Crippen LogP contribution in [0, 0.1) is 5.41 Å². The van der Waals surface area contributed by atoms with E-state index in [9.17, 15) is 14.4 Å². The predicted octanol–water partition coefficient (Wildman–Crippen LogP) is 1.46. The van der Waals surface area contributed by atoms with E-state index in [1.165, 1.54) is 4.90 Å². The molecule has 0 unspecified atom stereocenters. The number of amides is 2. The van der Waals surface area contributed by atoms with Gasteiger partial charge in [-0.1, -0.05) is 0 Å². The summed E-state index contributed by atoms with van der Waals surface area (Å²) in [5.74, 6) is -0.572. The predicted molar refractivity (Wildman–Crippen MR) is 82.7 cm³/mol. The summed E-state index contributed by atoms with van der Waals surface area (Å²) in [5, 5.41) is 2.84. The van der Waals surface area contributed by atoms with Crippen molar-refractivity contribution in [2.45, 2.75) is 58.6 Å². The monoisotopic (exact) mass is 326 g/mol. The van der Waals surface area contributed by atoms with E-state index >= 15 is 0 Å². The fraction of sp³-hybridized carbons (Fsp3) is 0.812. The summed E-state index contributed by atoms with van der Waals surface area (Å²) in [4.78, 5) is 38.4. The van der Waals surface area contributed by atoms with Crippen molar-refractivity contribution in [1.82, 2.24) is 10.2 Å². The lowest BCUT2D eigenvalue weighted by atomic mass is 9.78. The second kappa shape index (κ2) is 6.37. The topological polar surface area (TPSA) is 84.9 Å². The molecule has 7 nitrogen and oxygen atoms in total. The quantitative estimate of drug-likeness (QED) is 0.777. The van der Waals surface area contributed by atoms with Gasteiger partial charge in [0.05, 0.1) is 12.0 Å². The SMILES string of the molecule is CCOC(=O)[C@@H]1C[C@]2(CCCNC2=O)CN1C(=O)OC(C)(C)C. The number of nitrogens with zero attached hydrogens (tertiary/aromatic N) is 1. The zero-order chi connectivity index (χ0) is 17.3. The van der Waals surface area contributed by atoms with E-state index in [2.05, 4.69) is 5.32 Å². The van der Waals surface area contributed by atoms with E-state index < -0.39 is 29.1 Å². The first-order valence-corrected chi connectivity index (χ1v) is 8.13. The van der Waals surface area contributed by atoms with Gasteiger partial charge in [-0.2, -0.15) is 0 Å². The first-order chi connectivity index (χ1) is 10.7. The second-order valence-electron chi connectivity index (χ2n) is 7.22. The molecule has 23 heavy (non-hydrogen) atoms. The number of ether oxygens (including phenoxy) is 2. The van der Waals surface area contributed by atoms with Crippen molar-refractivity contribution in [2.75, 3.05) is 19.7 Å². The van der Waals surface area contributed by atoms with Crippen molar-refractivity contribution in [1.29, 1.82) is 0 Å². The molecule has 0 saturated carbocycles. The molecule has 2 aliphatic rings. The third-order valence-electron chi connectivity index (χ3n) is 4.22. The molecular formula is C16H26N2O5. The van der Waals surface area contributed by atoms with Gasteiger partial charge in [-0.15, -0.1) is 0 Å². The highest BCUT2D eigenvalue weighted by Crippen LogP contribution is 2.41. The minimum Gasteiger partial charge on any atom is -0.464 e. The van der Waals surface area contributed by atoms with Crippen LogP contribution < -0.4 is 5.32 Å². The van der Waals surface area contributed by atoms with Crippen LogP contribution in [0.2, 0.25) is 0 Å². The van der Waals surface area contributed by atoms with E-state index in [4.69, 9.17) is 9.47 Å². The fourth-order valence-electron chi connectivity index (χ4n) is 3.22. The number of hydrogen-bond acceptors (Lipinski definition) is 5. The summed E-state index contributed by atoms with van der Waals surface area (Å²) in [6.07, 6.45) is 1.21. The molecule has 1 spiro atoms. The fourth-order valence-corrected chi connectivity index (χ4v) is 3.22. The molecular weight excluding hydrogens is 300 g/mol. The van der Waals surface area contributed by atoms with E-state index in [0.29, 0.717) is 13.0 Å². The van der Waals surface area contributed by atoms with Crippen molar-refractivity contribution in [3.05, 3.63) is 0 Å². The molecule has 130 valence electrons. The third kappa shape index (κ3) is 3.76. The minimum absolute atomic E-state index is 0.0934. The Bertz CT molecular complexity index is 499. The van der Waals surface area contributed by atoms with E-state index in [1.807, 2.05) is 0 Å². The molecule has 2 aliphatic heterocycles. The van der Waals surface area contributed by atoms with Crippen LogP contribution in [0.1, 0.15) is 47.0 Å². The summed E-state index contributed by atoms with van der Waals surface area (Å²) >= 11 is 0. The molecule has 2 rings (SSSR count). The Balaban J connectivity index is 2.23. The molecule has 7 heteroatoms. The Morgan fingerprint density at radius 1 is 1.39 bits per heavy atom. The highest BCUT2D eigenvalue weighted by Gasteiger charge is 2.54. The number of likely N-dealkylation sites (tertiary alicyclic amines) is 1. The van der Waals surface area contributed by atoms with Crippen LogP contribution >= 0.6 is 0 Å². The number of carbonyl (C=O) groups is 3. The van der Waals surface area contributed by atoms with Gasteiger partial charge in [0.25, 0.3) is 0 Å². The number of carbonyl (C=O) groups excluding carboxylic acids is 3. The minimum atomic E-state index is -0.770. The van der Waals surface area contributed by atoms with Gasteiger partial charge in [-0.05, 0) is 47.0 Å². The van der Waals surface area contributed by atoms with Gasteiger partial charge in [0, 0.05) is 13.1 Å². The number of hydrogen-bond donors (Lipinski definition) is 1. The summed E-state index contributed by atoms with van der Waals surface area (Å²) in [7, 11) is 0. The second-order valence-corrected chi connectivity index (χ2v) is 7.22. The molecule has 1 N–H and O–H groups in total. The normalized spacial score (nSPS) is 27.7. The van der Waals surface area contributed by atoms with Crippen LogP contribution in [0.25, 0.3) is 0 Å². The summed E-state index contributed by atoms with van der Waals surface area (Å²) < 4.78 is 10.5. The van der Waals surface area contributed by atoms with Crippen LogP contribution in [0.3, 0.4) is 0 Å². The van der Waals surface area contributed by atoms with Crippen molar-refractivity contribution >= 4 is 18.0 Å². The van der Waals surface area contributed by atoms with Crippen molar-refractivity contribution in [2.24, 2.45) is 5.41 Å². The molecule has 0 aromatic heterocycles. The average molecular weight is 326 g/mol. The molecule has 0 bridgehead atoms. The number of rotatable bonds is 2. The zero-order valence-corrected chi connectivity index (χ0v) is 14.3. The average Bonchev–Trinajstić information content (AvgIpc) is 2.82. The molecule has 0 radical (unpaired) electrons. The van der Waals surface area contributed by atoms with Gasteiger partial charge in [-0.25, -0.2) is 9.59 Å². The lowest BCUT2D eigenvalue weighted by Gasteiger charge is -2.32. The van der Waals surface area contributed by atoms with Gasteiger partial charge in [-0.3, -0.25) is 9.69 Å². The van der Waals surface area contributed by atoms with Gasteiger partial charge in [0.2, 0.25) is 5.91 Å². The smallest absolute Gasteiger partial charge is 0.411 e. The lowest BCUT2D eigenvalue weighted by Crippen LogP contribution is -2.48. The van der Waals surface area contributed by atoms with Crippen LogP contribution in [0.15, 0.2) is 0 Å². The first kappa shape index (κ1) is 17.6. The summed E-state index contributed by atoms with van der Waals surface area (Å²) in [6.45, 7) is 8.08. The largest absolute Gasteiger partial charge is 0.464 e. The van der Waals surface area contributed by atoms with Crippen LogP contribution in [-0.2, 0) is 19.1 Å². The molecule has 0 aliphatic carbocycles. The standard InChI is InChI=1S/C16H26N2O5/c1-5-22-12(19)11-9-16(7-6-8-17-13(16)20)10-18(11)14(21)23-15(2,3)4/h11H,5-10H2,1-4H3,(H,17,20)/t11-,16+/m0/s1. The Morgan fingerprint density at radius 2 is 2.09 bits per heavy atom. The molecule has 2 fully saturated rings. The Labute approximate surface area is 136 Å². The highest BCUT2D eigenvalue weighted by atomic mass is 16.6. The van der Waals surface area contributed by atoms with Gasteiger partial charge in [0.1, 0.15) is 11.6 Å². The Kier molecular flexibility index (Phi) is 4.87. The zero-order valence-electron chi connectivity index (χ0n) is 14.3. The van der Waals surface area contributed by atoms with Crippen LogP contribution in [0.5, 0.6) is 0 Å². The van der Waals surface area contributed by atoms with Gasteiger partial charge < -0.3 is 14.8 Å². The van der Waals surface area contributed by atoms with E-state index in [0.717, 1.165) is 6.42 Å². The molecule has 2 amide bonds. The van der Waals surface area contributed by atoms with Gasteiger partial charge >= 0.3 is 12.1 Å². The maximum atomic E-state index is 12.5. The van der Waals surface area contributed by atoms with E-state index in [-0.39, 0.29) is 25.5 Å². The van der Waals surface area contributed by atoms with Crippen molar-refractivity contribution in [3.8, 4) is 0 Å². The maximum absolute atomic E-state index is 12.5. The molecule has 0 aromatic rings. The molecule has 0 aromatic carbocycles. The molecule has 2 atom stereocenters. The molecule has 2 saturated heterocycles. The summed E-state index contributed by atoms with van der Waals surface area (Å²) in [6, 6.07) is -0.770. The van der Waals surface area contributed by atoms with E-state index in [1.54, 1.807) is 27.7 Å². The van der Waals surface area contributed by atoms with Crippen LogP contribution in [-0.4, -0.2) is 54.2 Å². The lowest BCUT2D eigenvalue weighted by molar-refractivity contribution is -0.148. The third-order valence-corrected chi connectivity index (χ3v) is 4.22. The Morgan fingerprint density at radius 3 is 2.65 bits per heavy atom. The van der Waals surface area contributed by atoms with Crippen molar-refractivity contribution < 1.29 is 23.9 Å². The van der Waals surface area contributed by atoms with Crippen molar-refractivity contribution in [3.63, 3.8) is 0 Å². The first-order valence-electron chi connectivity index (χ1n) is 8.13. The summed E-state index contributed by atoms with van der Waals surface area (Å²) in [5.41, 5.74) is -1.38.